The zero-order chi connectivity index (χ0) is 10.4. The van der Waals surface area contributed by atoms with E-state index in [1.165, 1.54) is 0 Å². The minimum atomic E-state index is -3.23. The van der Waals surface area contributed by atoms with E-state index in [-0.39, 0.29) is 11.6 Å². The van der Waals surface area contributed by atoms with Crippen LogP contribution in [0.1, 0.15) is 20.3 Å². The van der Waals surface area contributed by atoms with E-state index in [1.807, 2.05) is 13.8 Å². The third-order valence-electron chi connectivity index (χ3n) is 3.00. The molecule has 2 aliphatic rings. The van der Waals surface area contributed by atoms with Gasteiger partial charge in [0.15, 0.2) is 0 Å². The van der Waals surface area contributed by atoms with Gasteiger partial charge in [-0.05, 0) is 26.8 Å². The second-order valence-electron chi connectivity index (χ2n) is 4.37. The van der Waals surface area contributed by atoms with Crippen molar-refractivity contribution in [2.24, 2.45) is 0 Å². The van der Waals surface area contributed by atoms with E-state index in [0.29, 0.717) is 6.54 Å². The average molecular weight is 219 g/mol. The summed E-state index contributed by atoms with van der Waals surface area (Å²) >= 11 is 0. The number of nitrogens with zero attached hydrogens (tertiary/aromatic N) is 1. The SMILES string of the molecule is CC(C)N1C2(CCNC2)CNS1(=O)=O. The molecule has 2 rings (SSSR count). The molecule has 2 saturated heterocycles. The van der Waals surface area contributed by atoms with E-state index >= 15 is 0 Å². The lowest BCUT2D eigenvalue weighted by Gasteiger charge is -2.33. The number of nitrogens with one attached hydrogen (secondary N) is 2. The number of hydrogen-bond donors (Lipinski definition) is 2. The van der Waals surface area contributed by atoms with Gasteiger partial charge in [0.2, 0.25) is 0 Å². The molecule has 1 unspecified atom stereocenters. The van der Waals surface area contributed by atoms with E-state index in [9.17, 15) is 8.42 Å². The van der Waals surface area contributed by atoms with Crippen molar-refractivity contribution in [2.45, 2.75) is 31.8 Å². The monoisotopic (exact) mass is 219 g/mol. The lowest BCUT2D eigenvalue weighted by Crippen LogP contribution is -2.52. The molecule has 2 N–H and O–H groups in total. The lowest BCUT2D eigenvalue weighted by molar-refractivity contribution is 0.201. The highest BCUT2D eigenvalue weighted by molar-refractivity contribution is 7.87. The van der Waals surface area contributed by atoms with Crippen molar-refractivity contribution in [3.8, 4) is 0 Å². The molecule has 82 valence electrons. The van der Waals surface area contributed by atoms with Crippen LogP contribution in [0, 0.1) is 0 Å². The molecule has 0 aliphatic carbocycles. The van der Waals surface area contributed by atoms with E-state index < -0.39 is 10.2 Å². The first-order valence-electron chi connectivity index (χ1n) is 4.98. The summed E-state index contributed by atoms with van der Waals surface area (Å²) in [6, 6.07) is 0.0231. The summed E-state index contributed by atoms with van der Waals surface area (Å²) in [6.45, 7) is 6.05. The van der Waals surface area contributed by atoms with E-state index in [1.54, 1.807) is 4.31 Å². The molecule has 0 aromatic heterocycles. The summed E-state index contributed by atoms with van der Waals surface area (Å²) in [4.78, 5) is 0. The summed E-state index contributed by atoms with van der Waals surface area (Å²) in [5.41, 5.74) is -0.215. The van der Waals surface area contributed by atoms with E-state index in [2.05, 4.69) is 10.0 Å². The quantitative estimate of drug-likeness (QED) is 0.611. The van der Waals surface area contributed by atoms with Crippen molar-refractivity contribution in [1.82, 2.24) is 14.3 Å². The Hall–Kier alpha value is -0.170. The Morgan fingerprint density at radius 2 is 2.07 bits per heavy atom. The molecule has 1 atom stereocenters. The van der Waals surface area contributed by atoms with Crippen LogP contribution in [-0.4, -0.2) is 43.9 Å². The molecule has 0 aromatic carbocycles. The van der Waals surface area contributed by atoms with Gasteiger partial charge in [-0.15, -0.1) is 0 Å². The minimum absolute atomic E-state index is 0.0231. The average Bonchev–Trinajstić information content (AvgIpc) is 2.59. The Balaban J connectivity index is 2.36. The standard InChI is InChI=1S/C8H17N3O2S/c1-7(2)11-8(3-4-9-5-8)6-10-14(11,12)13/h7,9-10H,3-6H2,1-2H3. The van der Waals surface area contributed by atoms with Gasteiger partial charge < -0.3 is 5.32 Å². The van der Waals surface area contributed by atoms with Crippen LogP contribution in [0.15, 0.2) is 0 Å². The van der Waals surface area contributed by atoms with Crippen molar-refractivity contribution < 1.29 is 8.42 Å². The first-order valence-corrected chi connectivity index (χ1v) is 6.42. The van der Waals surface area contributed by atoms with Crippen LogP contribution in [-0.2, 0) is 10.2 Å². The second-order valence-corrected chi connectivity index (χ2v) is 6.00. The fourth-order valence-electron chi connectivity index (χ4n) is 2.52. The normalized spacial score (nSPS) is 37.4. The molecule has 2 aliphatic heterocycles. The zero-order valence-corrected chi connectivity index (χ0v) is 9.39. The van der Waals surface area contributed by atoms with Gasteiger partial charge in [-0.1, -0.05) is 0 Å². The van der Waals surface area contributed by atoms with E-state index in [0.717, 1.165) is 19.5 Å². The molecule has 6 heteroatoms. The highest BCUT2D eigenvalue weighted by atomic mass is 32.2. The van der Waals surface area contributed by atoms with Crippen molar-refractivity contribution in [1.29, 1.82) is 0 Å². The molecule has 0 amide bonds. The number of rotatable bonds is 1. The predicted octanol–water partition coefficient (Wildman–Crippen LogP) is -0.723. The van der Waals surface area contributed by atoms with Crippen LogP contribution in [0.4, 0.5) is 0 Å². The third kappa shape index (κ3) is 1.37. The molecular weight excluding hydrogens is 202 g/mol. The Labute approximate surface area is 85.0 Å². The topological polar surface area (TPSA) is 61.4 Å². The molecule has 1 spiro atoms. The highest BCUT2D eigenvalue weighted by Gasteiger charge is 2.52. The maximum absolute atomic E-state index is 11.8. The maximum atomic E-state index is 11.8. The van der Waals surface area contributed by atoms with Crippen molar-refractivity contribution in [2.75, 3.05) is 19.6 Å². The van der Waals surface area contributed by atoms with Gasteiger partial charge in [0, 0.05) is 19.1 Å². The van der Waals surface area contributed by atoms with Crippen LogP contribution in [0.25, 0.3) is 0 Å². The highest BCUT2D eigenvalue weighted by Crippen LogP contribution is 2.32. The molecule has 0 saturated carbocycles. The number of hydrogen-bond acceptors (Lipinski definition) is 3. The fourth-order valence-corrected chi connectivity index (χ4v) is 4.40. The van der Waals surface area contributed by atoms with Gasteiger partial charge in [0.1, 0.15) is 0 Å². The van der Waals surface area contributed by atoms with Gasteiger partial charge in [-0.3, -0.25) is 0 Å². The minimum Gasteiger partial charge on any atom is -0.315 e. The van der Waals surface area contributed by atoms with Crippen LogP contribution < -0.4 is 10.0 Å². The summed E-state index contributed by atoms with van der Waals surface area (Å²) in [6.07, 6.45) is 0.900. The van der Waals surface area contributed by atoms with Crippen molar-refractivity contribution >= 4 is 10.2 Å². The van der Waals surface area contributed by atoms with Crippen LogP contribution in [0.5, 0.6) is 0 Å². The second kappa shape index (κ2) is 3.16. The largest absolute Gasteiger partial charge is 0.315 e. The smallest absolute Gasteiger partial charge is 0.280 e. The van der Waals surface area contributed by atoms with Gasteiger partial charge in [-0.25, -0.2) is 4.72 Å². The summed E-state index contributed by atoms with van der Waals surface area (Å²) < 4.78 is 27.7. The first-order chi connectivity index (χ1) is 6.48. The molecule has 2 heterocycles. The molecular formula is C8H17N3O2S. The lowest BCUT2D eigenvalue weighted by atomic mass is 9.98. The molecule has 0 bridgehead atoms. The third-order valence-corrected chi connectivity index (χ3v) is 4.84. The van der Waals surface area contributed by atoms with Gasteiger partial charge in [-0.2, -0.15) is 12.7 Å². The Morgan fingerprint density at radius 1 is 1.36 bits per heavy atom. The van der Waals surface area contributed by atoms with Gasteiger partial charge in [0.05, 0.1) is 5.54 Å². The molecule has 0 aromatic rings. The van der Waals surface area contributed by atoms with Crippen molar-refractivity contribution in [3.63, 3.8) is 0 Å². The van der Waals surface area contributed by atoms with Crippen LogP contribution in [0.3, 0.4) is 0 Å². The zero-order valence-electron chi connectivity index (χ0n) is 8.58. The Morgan fingerprint density at radius 3 is 2.57 bits per heavy atom. The molecule has 14 heavy (non-hydrogen) atoms. The van der Waals surface area contributed by atoms with Gasteiger partial charge >= 0.3 is 0 Å². The maximum Gasteiger partial charge on any atom is 0.280 e. The summed E-state index contributed by atoms with van der Waals surface area (Å²) in [7, 11) is -3.23. The Bertz CT molecular complexity index is 319. The summed E-state index contributed by atoms with van der Waals surface area (Å²) in [5.74, 6) is 0. The van der Waals surface area contributed by atoms with Crippen LogP contribution >= 0.6 is 0 Å². The van der Waals surface area contributed by atoms with E-state index in [4.69, 9.17) is 0 Å². The van der Waals surface area contributed by atoms with Crippen molar-refractivity contribution in [3.05, 3.63) is 0 Å². The Kier molecular flexibility index (Phi) is 2.34. The summed E-state index contributed by atoms with van der Waals surface area (Å²) in [5, 5.41) is 3.23. The predicted molar refractivity (Wildman–Crippen MR) is 54.1 cm³/mol. The molecule has 5 nitrogen and oxygen atoms in total. The van der Waals surface area contributed by atoms with Gasteiger partial charge in [0.25, 0.3) is 10.2 Å². The molecule has 2 fully saturated rings. The molecule has 0 radical (unpaired) electrons. The fraction of sp³-hybridized carbons (Fsp3) is 1.00. The first kappa shape index (κ1) is 10.4. The van der Waals surface area contributed by atoms with Crippen LogP contribution in [0.2, 0.25) is 0 Å².